The van der Waals surface area contributed by atoms with Crippen molar-refractivity contribution >= 4 is 5.96 Å². The number of nitrogens with zero attached hydrogens (tertiary/aromatic N) is 4. The maximum Gasteiger partial charge on any atom is 0.191 e. The summed E-state index contributed by atoms with van der Waals surface area (Å²) in [5, 5.41) is 21.4. The van der Waals surface area contributed by atoms with Crippen molar-refractivity contribution in [2.24, 2.45) is 12.0 Å². The maximum atomic E-state index is 10.8. The summed E-state index contributed by atoms with van der Waals surface area (Å²) in [4.78, 5) is 7.09. The highest BCUT2D eigenvalue weighted by molar-refractivity contribution is 5.79. The molecule has 2 rings (SSSR count). The Hall–Kier alpha value is -2.38. The van der Waals surface area contributed by atoms with Gasteiger partial charge >= 0.3 is 0 Å². The Bertz CT molecular complexity index is 779. The summed E-state index contributed by atoms with van der Waals surface area (Å²) in [6, 6.07) is 8.58. The fourth-order valence-electron chi connectivity index (χ4n) is 3.10. The van der Waals surface area contributed by atoms with Crippen LogP contribution >= 0.6 is 0 Å². The van der Waals surface area contributed by atoms with E-state index in [4.69, 9.17) is 4.99 Å². The molecule has 0 saturated carbocycles. The number of aliphatic imine (C=N–C) groups is 1. The number of aromatic nitrogens is 2. The van der Waals surface area contributed by atoms with Crippen molar-refractivity contribution in [3.63, 3.8) is 0 Å². The first kappa shape index (κ1) is 22.9. The minimum Gasteiger partial charge on any atom is -0.383 e. The van der Waals surface area contributed by atoms with Gasteiger partial charge in [0.1, 0.15) is 5.60 Å². The Balaban J connectivity index is 2.01. The third kappa shape index (κ3) is 7.18. The first-order chi connectivity index (χ1) is 13.9. The standard InChI is InChI=1S/C22H36N6O/c1-6-23-21(25-17-22(4,29)20-14-26-27(5)16-20)24-13-18-10-9-11-19(12-18)15-28(7-2)8-3/h9-12,14,16,29H,6-8,13,15,17H2,1-5H3,(H2,23,24,25). The van der Waals surface area contributed by atoms with Gasteiger partial charge in [-0.05, 0) is 38.1 Å². The summed E-state index contributed by atoms with van der Waals surface area (Å²) in [6.07, 6.45) is 3.51. The number of hydrogen-bond donors (Lipinski definition) is 3. The smallest absolute Gasteiger partial charge is 0.191 e. The lowest BCUT2D eigenvalue weighted by molar-refractivity contribution is 0.0616. The largest absolute Gasteiger partial charge is 0.383 e. The van der Waals surface area contributed by atoms with Crippen molar-refractivity contribution in [3.8, 4) is 0 Å². The Morgan fingerprint density at radius 3 is 2.55 bits per heavy atom. The molecular formula is C22H36N6O. The van der Waals surface area contributed by atoms with Crippen molar-refractivity contribution in [1.82, 2.24) is 25.3 Å². The summed E-state index contributed by atoms with van der Waals surface area (Å²) in [6.45, 7) is 12.9. The van der Waals surface area contributed by atoms with Gasteiger partial charge in [-0.1, -0.05) is 38.1 Å². The van der Waals surface area contributed by atoms with Crippen molar-refractivity contribution in [2.45, 2.75) is 46.4 Å². The van der Waals surface area contributed by atoms with E-state index in [0.29, 0.717) is 19.0 Å². The predicted octanol–water partition coefficient (Wildman–Crippen LogP) is 2.22. The Labute approximate surface area is 174 Å². The van der Waals surface area contributed by atoms with E-state index < -0.39 is 5.60 Å². The molecule has 7 nitrogen and oxygen atoms in total. The minimum atomic E-state index is -1.03. The van der Waals surface area contributed by atoms with Gasteiger partial charge in [-0.3, -0.25) is 9.58 Å². The predicted molar refractivity (Wildman–Crippen MR) is 119 cm³/mol. The zero-order valence-corrected chi connectivity index (χ0v) is 18.4. The molecule has 1 unspecified atom stereocenters. The van der Waals surface area contributed by atoms with Crippen molar-refractivity contribution in [2.75, 3.05) is 26.2 Å². The molecule has 0 saturated heterocycles. The number of rotatable bonds is 10. The fraction of sp³-hybridized carbons (Fsp3) is 0.545. The molecule has 0 spiro atoms. The van der Waals surface area contributed by atoms with Crippen LogP contribution in [0.15, 0.2) is 41.7 Å². The Morgan fingerprint density at radius 2 is 1.93 bits per heavy atom. The highest BCUT2D eigenvalue weighted by Gasteiger charge is 2.24. The Kier molecular flexibility index (Phi) is 8.67. The van der Waals surface area contributed by atoms with Crippen LogP contribution in [-0.4, -0.2) is 51.9 Å². The summed E-state index contributed by atoms with van der Waals surface area (Å²) in [5.74, 6) is 0.686. The van der Waals surface area contributed by atoms with Crippen LogP contribution in [0.3, 0.4) is 0 Å². The molecule has 0 radical (unpaired) electrons. The first-order valence-electron chi connectivity index (χ1n) is 10.4. The third-order valence-electron chi connectivity index (χ3n) is 4.98. The van der Waals surface area contributed by atoms with Gasteiger partial charge < -0.3 is 15.7 Å². The van der Waals surface area contributed by atoms with E-state index in [1.807, 2.05) is 20.2 Å². The normalized spacial score (nSPS) is 14.1. The van der Waals surface area contributed by atoms with E-state index in [-0.39, 0.29) is 0 Å². The molecule has 0 amide bonds. The van der Waals surface area contributed by atoms with Gasteiger partial charge in [-0.15, -0.1) is 0 Å². The van der Waals surface area contributed by atoms with E-state index in [9.17, 15) is 5.11 Å². The van der Waals surface area contributed by atoms with Gasteiger partial charge in [0, 0.05) is 31.9 Å². The molecule has 0 bridgehead atoms. The number of aliphatic hydroxyl groups is 1. The van der Waals surface area contributed by atoms with E-state index in [1.165, 1.54) is 11.1 Å². The van der Waals surface area contributed by atoms with Crippen LogP contribution in [0, 0.1) is 0 Å². The molecule has 1 aromatic carbocycles. The van der Waals surface area contributed by atoms with Crippen molar-refractivity contribution in [3.05, 3.63) is 53.3 Å². The van der Waals surface area contributed by atoms with Crippen LogP contribution in [-0.2, 0) is 25.7 Å². The summed E-state index contributed by atoms with van der Waals surface area (Å²) in [7, 11) is 1.84. The monoisotopic (exact) mass is 400 g/mol. The molecule has 1 heterocycles. The lowest BCUT2D eigenvalue weighted by Gasteiger charge is -2.23. The fourth-order valence-corrected chi connectivity index (χ4v) is 3.10. The van der Waals surface area contributed by atoms with Crippen LogP contribution < -0.4 is 10.6 Å². The number of nitrogens with one attached hydrogen (secondary N) is 2. The maximum absolute atomic E-state index is 10.8. The second-order valence-electron chi connectivity index (χ2n) is 7.51. The topological polar surface area (TPSA) is 77.7 Å². The Morgan fingerprint density at radius 1 is 1.21 bits per heavy atom. The number of hydrogen-bond acceptors (Lipinski definition) is 4. The highest BCUT2D eigenvalue weighted by atomic mass is 16.3. The van der Waals surface area contributed by atoms with E-state index >= 15 is 0 Å². The molecule has 0 fully saturated rings. The number of benzene rings is 1. The summed E-state index contributed by atoms with van der Waals surface area (Å²) >= 11 is 0. The lowest BCUT2D eigenvalue weighted by Crippen LogP contribution is -2.44. The van der Waals surface area contributed by atoms with E-state index in [0.717, 1.165) is 31.7 Å². The molecule has 0 aliphatic carbocycles. The van der Waals surface area contributed by atoms with Crippen LogP contribution in [0.5, 0.6) is 0 Å². The SMILES string of the molecule is CCNC(=NCc1cccc(CN(CC)CC)c1)NCC(C)(O)c1cnn(C)c1. The average Bonchev–Trinajstić information content (AvgIpc) is 3.16. The average molecular weight is 401 g/mol. The molecule has 0 aliphatic rings. The zero-order valence-electron chi connectivity index (χ0n) is 18.4. The quantitative estimate of drug-likeness (QED) is 0.421. The molecular weight excluding hydrogens is 364 g/mol. The molecule has 160 valence electrons. The molecule has 29 heavy (non-hydrogen) atoms. The second-order valence-corrected chi connectivity index (χ2v) is 7.51. The lowest BCUT2D eigenvalue weighted by atomic mass is 10.00. The van der Waals surface area contributed by atoms with Gasteiger partial charge in [-0.25, -0.2) is 4.99 Å². The highest BCUT2D eigenvalue weighted by Crippen LogP contribution is 2.18. The van der Waals surface area contributed by atoms with Gasteiger partial charge in [0.25, 0.3) is 0 Å². The van der Waals surface area contributed by atoms with Crippen LogP contribution in [0.2, 0.25) is 0 Å². The van der Waals surface area contributed by atoms with E-state index in [2.05, 4.69) is 58.7 Å². The molecule has 7 heteroatoms. The summed E-state index contributed by atoms with van der Waals surface area (Å²) < 4.78 is 1.69. The van der Waals surface area contributed by atoms with Gasteiger partial charge in [0.2, 0.25) is 0 Å². The van der Waals surface area contributed by atoms with Crippen LogP contribution in [0.4, 0.5) is 0 Å². The van der Waals surface area contributed by atoms with Crippen LogP contribution in [0.25, 0.3) is 0 Å². The van der Waals surface area contributed by atoms with Crippen molar-refractivity contribution in [1.29, 1.82) is 0 Å². The van der Waals surface area contributed by atoms with Gasteiger partial charge in [0.15, 0.2) is 5.96 Å². The minimum absolute atomic E-state index is 0.340. The van der Waals surface area contributed by atoms with Gasteiger partial charge in [0.05, 0.1) is 19.3 Å². The van der Waals surface area contributed by atoms with E-state index in [1.54, 1.807) is 17.8 Å². The molecule has 2 aromatic rings. The molecule has 3 N–H and O–H groups in total. The number of aryl methyl sites for hydroxylation is 1. The second kappa shape index (κ2) is 11.0. The first-order valence-corrected chi connectivity index (χ1v) is 10.4. The molecule has 0 aliphatic heterocycles. The van der Waals surface area contributed by atoms with Crippen LogP contribution in [0.1, 0.15) is 44.4 Å². The molecule has 1 atom stereocenters. The number of guanidine groups is 1. The summed E-state index contributed by atoms with van der Waals surface area (Å²) in [5.41, 5.74) is 2.21. The third-order valence-corrected chi connectivity index (χ3v) is 4.98. The van der Waals surface area contributed by atoms with Crippen molar-refractivity contribution < 1.29 is 5.11 Å². The zero-order chi connectivity index (χ0) is 21.3. The van der Waals surface area contributed by atoms with Gasteiger partial charge in [-0.2, -0.15) is 5.10 Å². The molecule has 1 aromatic heterocycles.